The lowest BCUT2D eigenvalue weighted by Crippen LogP contribution is -2.52. The first-order valence-corrected chi connectivity index (χ1v) is 9.44. The van der Waals surface area contributed by atoms with Crippen LogP contribution in [0.15, 0.2) is 0 Å². The van der Waals surface area contributed by atoms with Crippen LogP contribution in [0.25, 0.3) is 0 Å². The van der Waals surface area contributed by atoms with Crippen molar-refractivity contribution in [2.24, 2.45) is 5.92 Å². The van der Waals surface area contributed by atoms with Crippen molar-refractivity contribution in [1.82, 2.24) is 10.2 Å². The van der Waals surface area contributed by atoms with E-state index in [2.05, 4.69) is 17.1 Å². The number of amides is 2. The zero-order chi connectivity index (χ0) is 15.5. The van der Waals surface area contributed by atoms with E-state index in [9.17, 15) is 9.90 Å². The van der Waals surface area contributed by atoms with Crippen LogP contribution in [-0.2, 0) is 0 Å². The van der Waals surface area contributed by atoms with Gasteiger partial charge < -0.3 is 15.3 Å². The molecule has 0 bridgehead atoms. The van der Waals surface area contributed by atoms with Crippen LogP contribution in [0.5, 0.6) is 0 Å². The van der Waals surface area contributed by atoms with Crippen molar-refractivity contribution in [3.05, 3.63) is 0 Å². The molecule has 0 spiro atoms. The Balaban J connectivity index is 1.53. The molecule has 4 heteroatoms. The summed E-state index contributed by atoms with van der Waals surface area (Å²) in [5, 5.41) is 12.9. The lowest BCUT2D eigenvalue weighted by molar-refractivity contribution is 0.107. The minimum atomic E-state index is -0.156. The second-order valence-electron chi connectivity index (χ2n) is 7.68. The van der Waals surface area contributed by atoms with E-state index in [1.165, 1.54) is 44.9 Å². The van der Waals surface area contributed by atoms with E-state index >= 15 is 0 Å². The Morgan fingerprint density at radius 1 is 0.955 bits per heavy atom. The highest BCUT2D eigenvalue weighted by Gasteiger charge is 2.39. The molecule has 3 aliphatic rings. The third-order valence-corrected chi connectivity index (χ3v) is 5.99. The molecular weight excluding hydrogens is 276 g/mol. The number of carbonyl (C=O) groups excluding carboxylic acids is 1. The quantitative estimate of drug-likeness (QED) is 0.836. The number of hydrogen-bond donors (Lipinski definition) is 2. The second-order valence-corrected chi connectivity index (χ2v) is 7.68. The largest absolute Gasteiger partial charge is 0.393 e. The van der Waals surface area contributed by atoms with Crippen LogP contribution in [0.3, 0.4) is 0 Å². The topological polar surface area (TPSA) is 52.6 Å². The third-order valence-electron chi connectivity index (χ3n) is 5.99. The van der Waals surface area contributed by atoms with Crippen molar-refractivity contribution in [3.63, 3.8) is 0 Å². The molecule has 0 aromatic carbocycles. The molecule has 0 saturated heterocycles. The third kappa shape index (κ3) is 3.95. The van der Waals surface area contributed by atoms with Gasteiger partial charge in [-0.25, -0.2) is 4.79 Å². The van der Waals surface area contributed by atoms with Gasteiger partial charge in [-0.05, 0) is 70.1 Å². The Morgan fingerprint density at radius 3 is 2.00 bits per heavy atom. The average molecular weight is 308 g/mol. The summed E-state index contributed by atoms with van der Waals surface area (Å²) in [4.78, 5) is 15.0. The molecule has 22 heavy (non-hydrogen) atoms. The molecule has 4 nitrogen and oxygen atoms in total. The van der Waals surface area contributed by atoms with Crippen LogP contribution in [0.1, 0.15) is 77.6 Å². The number of carbonyl (C=O) groups is 1. The van der Waals surface area contributed by atoms with Crippen molar-refractivity contribution in [2.45, 2.75) is 102 Å². The maximum atomic E-state index is 12.8. The van der Waals surface area contributed by atoms with Gasteiger partial charge in [-0.2, -0.15) is 0 Å². The van der Waals surface area contributed by atoms with Crippen LogP contribution < -0.4 is 5.32 Å². The molecule has 0 atom stereocenters. The highest BCUT2D eigenvalue weighted by atomic mass is 16.3. The van der Waals surface area contributed by atoms with Gasteiger partial charge in [-0.15, -0.1) is 0 Å². The number of rotatable bonds is 4. The summed E-state index contributed by atoms with van der Waals surface area (Å²) in [6.45, 7) is 2.29. The summed E-state index contributed by atoms with van der Waals surface area (Å²) in [5.41, 5.74) is 0. The maximum absolute atomic E-state index is 12.8. The van der Waals surface area contributed by atoms with Crippen LogP contribution in [0.4, 0.5) is 4.79 Å². The van der Waals surface area contributed by atoms with Gasteiger partial charge in [0.1, 0.15) is 0 Å². The van der Waals surface area contributed by atoms with Gasteiger partial charge in [0.05, 0.1) is 6.10 Å². The van der Waals surface area contributed by atoms with Crippen LogP contribution >= 0.6 is 0 Å². The molecule has 0 aromatic rings. The lowest BCUT2D eigenvalue weighted by atomic mass is 9.84. The van der Waals surface area contributed by atoms with Gasteiger partial charge in [0.2, 0.25) is 0 Å². The number of aliphatic hydroxyl groups is 1. The smallest absolute Gasteiger partial charge is 0.318 e. The SMILES string of the molecule is CCC1CCC(N(C(=O)NC2CCC(O)CC2)C2CC2)CC1. The average Bonchev–Trinajstić information content (AvgIpc) is 3.35. The summed E-state index contributed by atoms with van der Waals surface area (Å²) in [5.74, 6) is 0.875. The van der Waals surface area contributed by atoms with E-state index in [1.807, 2.05) is 0 Å². The Bertz CT molecular complexity index is 367. The zero-order valence-corrected chi connectivity index (χ0v) is 14.0. The van der Waals surface area contributed by atoms with Gasteiger partial charge in [0.25, 0.3) is 0 Å². The number of hydrogen-bond acceptors (Lipinski definition) is 2. The number of aliphatic hydroxyl groups excluding tert-OH is 1. The normalized spacial score (nSPS) is 35.9. The molecule has 3 rings (SSSR count). The second kappa shape index (κ2) is 7.20. The van der Waals surface area contributed by atoms with Crippen molar-refractivity contribution < 1.29 is 9.90 Å². The fourth-order valence-electron chi connectivity index (χ4n) is 4.28. The predicted molar refractivity (Wildman–Crippen MR) is 87.7 cm³/mol. The molecule has 2 amide bonds. The zero-order valence-electron chi connectivity index (χ0n) is 14.0. The van der Waals surface area contributed by atoms with E-state index in [-0.39, 0.29) is 18.2 Å². The van der Waals surface area contributed by atoms with Crippen molar-refractivity contribution in [2.75, 3.05) is 0 Å². The number of nitrogens with zero attached hydrogens (tertiary/aromatic N) is 1. The molecule has 3 fully saturated rings. The summed E-state index contributed by atoms with van der Waals surface area (Å²) < 4.78 is 0. The molecule has 0 unspecified atom stereocenters. The summed E-state index contributed by atoms with van der Waals surface area (Å²) in [6.07, 6.45) is 11.9. The Hall–Kier alpha value is -0.770. The van der Waals surface area contributed by atoms with Gasteiger partial charge >= 0.3 is 6.03 Å². The highest BCUT2D eigenvalue weighted by Crippen LogP contribution is 2.36. The first-order chi connectivity index (χ1) is 10.7. The molecule has 126 valence electrons. The molecule has 0 aromatic heterocycles. The standard InChI is InChI=1S/C18H32N2O2/c1-2-13-3-7-15(8-4-13)20(16-9-10-16)18(22)19-14-5-11-17(21)12-6-14/h13-17,21H,2-12H2,1H3,(H,19,22). The Labute approximate surface area is 134 Å². The van der Waals surface area contributed by atoms with E-state index in [4.69, 9.17) is 0 Å². The molecule has 3 saturated carbocycles. The molecule has 0 aliphatic heterocycles. The minimum Gasteiger partial charge on any atom is -0.393 e. The molecule has 2 N–H and O–H groups in total. The fourth-order valence-corrected chi connectivity index (χ4v) is 4.28. The van der Waals surface area contributed by atoms with Gasteiger partial charge in [0, 0.05) is 18.1 Å². The molecule has 0 radical (unpaired) electrons. The summed E-state index contributed by atoms with van der Waals surface area (Å²) in [6, 6.07) is 1.40. The molecular formula is C18H32N2O2. The fraction of sp³-hybridized carbons (Fsp3) is 0.944. The van der Waals surface area contributed by atoms with E-state index < -0.39 is 0 Å². The first-order valence-electron chi connectivity index (χ1n) is 9.44. The first kappa shape index (κ1) is 16.1. The van der Waals surface area contributed by atoms with Crippen molar-refractivity contribution in [3.8, 4) is 0 Å². The van der Waals surface area contributed by atoms with Crippen molar-refractivity contribution in [1.29, 1.82) is 0 Å². The van der Waals surface area contributed by atoms with Gasteiger partial charge in [0.15, 0.2) is 0 Å². The van der Waals surface area contributed by atoms with E-state index in [1.54, 1.807) is 0 Å². The van der Waals surface area contributed by atoms with Crippen LogP contribution in [0, 0.1) is 5.92 Å². The number of urea groups is 1. The Kier molecular flexibility index (Phi) is 5.27. The monoisotopic (exact) mass is 308 g/mol. The summed E-state index contributed by atoms with van der Waals surface area (Å²) in [7, 11) is 0. The lowest BCUT2D eigenvalue weighted by Gasteiger charge is -2.38. The summed E-state index contributed by atoms with van der Waals surface area (Å²) >= 11 is 0. The van der Waals surface area contributed by atoms with Crippen LogP contribution in [-0.4, -0.2) is 40.3 Å². The van der Waals surface area contributed by atoms with Gasteiger partial charge in [-0.3, -0.25) is 0 Å². The van der Waals surface area contributed by atoms with E-state index in [0.29, 0.717) is 12.1 Å². The van der Waals surface area contributed by atoms with Crippen molar-refractivity contribution >= 4 is 6.03 Å². The van der Waals surface area contributed by atoms with E-state index in [0.717, 1.165) is 31.6 Å². The predicted octanol–water partition coefficient (Wildman–Crippen LogP) is 3.43. The van der Waals surface area contributed by atoms with Crippen LogP contribution in [0.2, 0.25) is 0 Å². The molecule has 3 aliphatic carbocycles. The minimum absolute atomic E-state index is 0.156. The van der Waals surface area contributed by atoms with Gasteiger partial charge in [-0.1, -0.05) is 13.3 Å². The highest BCUT2D eigenvalue weighted by molar-refractivity contribution is 5.75. The Morgan fingerprint density at radius 2 is 1.50 bits per heavy atom. The molecule has 0 heterocycles. The number of nitrogens with one attached hydrogen (secondary N) is 1. The maximum Gasteiger partial charge on any atom is 0.318 e.